The number of aromatic nitrogens is 4. The van der Waals surface area contributed by atoms with Gasteiger partial charge in [-0.1, -0.05) is 0 Å². The molecular formula is C14H10N4O. The molecule has 0 aliphatic heterocycles. The summed E-state index contributed by atoms with van der Waals surface area (Å²) in [6.45, 7) is 0. The summed E-state index contributed by atoms with van der Waals surface area (Å²) in [7, 11) is 0. The van der Waals surface area contributed by atoms with E-state index in [9.17, 15) is 5.11 Å². The van der Waals surface area contributed by atoms with Crippen molar-refractivity contribution in [3.63, 3.8) is 0 Å². The highest BCUT2D eigenvalue weighted by molar-refractivity contribution is 5.80. The first-order valence-electron chi connectivity index (χ1n) is 5.70. The van der Waals surface area contributed by atoms with E-state index in [1.165, 1.54) is 12.7 Å². The van der Waals surface area contributed by atoms with E-state index in [1.807, 2.05) is 12.1 Å². The molecule has 0 aliphatic rings. The molecule has 0 amide bonds. The number of aromatic hydroxyl groups is 1. The van der Waals surface area contributed by atoms with Gasteiger partial charge in [-0.3, -0.25) is 0 Å². The first-order chi connectivity index (χ1) is 9.34. The van der Waals surface area contributed by atoms with Crippen LogP contribution in [0.1, 0.15) is 0 Å². The van der Waals surface area contributed by atoms with Gasteiger partial charge in [0.15, 0.2) is 0 Å². The van der Waals surface area contributed by atoms with Crippen molar-refractivity contribution in [2.45, 2.75) is 0 Å². The lowest BCUT2D eigenvalue weighted by Crippen LogP contribution is -1.90. The fraction of sp³-hybridized carbons (Fsp3) is 0. The average Bonchev–Trinajstić information content (AvgIpc) is 2.49. The van der Waals surface area contributed by atoms with Crippen LogP contribution in [0.5, 0.6) is 5.75 Å². The molecule has 0 spiro atoms. The molecule has 5 nitrogen and oxygen atoms in total. The SMILES string of the molecule is Oc1ccc(-c2ccncn2)c(-c2ccncn2)c1. The van der Waals surface area contributed by atoms with E-state index in [1.54, 1.807) is 30.6 Å². The lowest BCUT2D eigenvalue weighted by atomic mass is 10.0. The lowest BCUT2D eigenvalue weighted by molar-refractivity contribution is 0.475. The maximum absolute atomic E-state index is 9.67. The second kappa shape index (κ2) is 4.81. The Morgan fingerprint density at radius 1 is 0.737 bits per heavy atom. The summed E-state index contributed by atoms with van der Waals surface area (Å²) in [5.74, 6) is 0.186. The summed E-state index contributed by atoms with van der Waals surface area (Å²) in [6.07, 6.45) is 6.31. The van der Waals surface area contributed by atoms with Crippen molar-refractivity contribution in [2.24, 2.45) is 0 Å². The number of benzene rings is 1. The highest BCUT2D eigenvalue weighted by Crippen LogP contribution is 2.32. The lowest BCUT2D eigenvalue weighted by Gasteiger charge is -2.08. The zero-order valence-electron chi connectivity index (χ0n) is 9.93. The number of hydrogen-bond donors (Lipinski definition) is 1. The van der Waals surface area contributed by atoms with Gasteiger partial charge in [0.2, 0.25) is 0 Å². The summed E-state index contributed by atoms with van der Waals surface area (Å²) in [4.78, 5) is 16.2. The van der Waals surface area contributed by atoms with Crippen LogP contribution in [0.15, 0.2) is 55.4 Å². The summed E-state index contributed by atoms with van der Waals surface area (Å²) in [6, 6.07) is 8.72. The third-order valence-electron chi connectivity index (χ3n) is 2.72. The van der Waals surface area contributed by atoms with Gasteiger partial charge in [-0.25, -0.2) is 19.9 Å². The Labute approximate surface area is 109 Å². The van der Waals surface area contributed by atoms with E-state index in [2.05, 4.69) is 19.9 Å². The average molecular weight is 250 g/mol. The first-order valence-corrected chi connectivity index (χ1v) is 5.70. The van der Waals surface area contributed by atoms with Gasteiger partial charge in [-0.15, -0.1) is 0 Å². The fourth-order valence-electron chi connectivity index (χ4n) is 1.87. The highest BCUT2D eigenvalue weighted by Gasteiger charge is 2.10. The molecule has 0 bridgehead atoms. The molecule has 2 heterocycles. The molecular weight excluding hydrogens is 240 g/mol. The van der Waals surface area contributed by atoms with Gasteiger partial charge < -0.3 is 5.11 Å². The van der Waals surface area contributed by atoms with Crippen molar-refractivity contribution in [3.05, 3.63) is 55.4 Å². The molecule has 0 fully saturated rings. The van der Waals surface area contributed by atoms with E-state index in [0.717, 1.165) is 22.5 Å². The number of phenolic OH excluding ortho intramolecular Hbond substituents is 1. The molecule has 5 heteroatoms. The minimum absolute atomic E-state index is 0.186. The van der Waals surface area contributed by atoms with Crippen molar-refractivity contribution >= 4 is 0 Å². The predicted octanol–water partition coefficient (Wildman–Crippen LogP) is 2.31. The van der Waals surface area contributed by atoms with Crippen LogP contribution < -0.4 is 0 Å². The van der Waals surface area contributed by atoms with E-state index < -0.39 is 0 Å². The van der Waals surface area contributed by atoms with Crippen molar-refractivity contribution in [2.75, 3.05) is 0 Å². The van der Waals surface area contributed by atoms with Crippen molar-refractivity contribution in [1.82, 2.24) is 19.9 Å². The van der Waals surface area contributed by atoms with Crippen LogP contribution in [0.3, 0.4) is 0 Å². The van der Waals surface area contributed by atoms with Crippen LogP contribution in [0.4, 0.5) is 0 Å². The van der Waals surface area contributed by atoms with Crippen LogP contribution in [0.25, 0.3) is 22.5 Å². The molecule has 0 aliphatic carbocycles. The van der Waals surface area contributed by atoms with Crippen LogP contribution in [-0.2, 0) is 0 Å². The molecule has 1 aromatic carbocycles. The van der Waals surface area contributed by atoms with Crippen LogP contribution >= 0.6 is 0 Å². The molecule has 3 rings (SSSR count). The summed E-state index contributed by atoms with van der Waals surface area (Å²) in [5.41, 5.74) is 3.21. The normalized spacial score (nSPS) is 10.3. The van der Waals surface area contributed by atoms with Gasteiger partial charge >= 0.3 is 0 Å². The molecule has 19 heavy (non-hydrogen) atoms. The topological polar surface area (TPSA) is 71.8 Å². The van der Waals surface area contributed by atoms with Gasteiger partial charge in [0.05, 0.1) is 11.4 Å². The van der Waals surface area contributed by atoms with E-state index in [4.69, 9.17) is 0 Å². The second-order valence-electron chi connectivity index (χ2n) is 3.92. The van der Waals surface area contributed by atoms with Crippen LogP contribution in [0.2, 0.25) is 0 Å². The standard InChI is InChI=1S/C14H10N4O/c19-10-1-2-11(13-3-5-15-8-17-13)12(7-10)14-4-6-16-9-18-14/h1-9,19H. The Bertz CT molecular complexity index is 686. The molecule has 92 valence electrons. The predicted molar refractivity (Wildman–Crippen MR) is 70.2 cm³/mol. The number of hydrogen-bond acceptors (Lipinski definition) is 5. The molecule has 2 aromatic heterocycles. The molecule has 0 saturated carbocycles. The Kier molecular flexibility index (Phi) is 2.86. The molecule has 0 radical (unpaired) electrons. The Morgan fingerprint density at radius 2 is 1.37 bits per heavy atom. The smallest absolute Gasteiger partial charge is 0.116 e. The zero-order valence-corrected chi connectivity index (χ0v) is 9.93. The Balaban J connectivity index is 2.21. The van der Waals surface area contributed by atoms with Crippen molar-refractivity contribution in [3.8, 4) is 28.3 Å². The van der Waals surface area contributed by atoms with Gasteiger partial charge in [0.25, 0.3) is 0 Å². The molecule has 1 N–H and O–H groups in total. The summed E-state index contributed by atoms with van der Waals surface area (Å²) < 4.78 is 0. The maximum atomic E-state index is 9.67. The van der Waals surface area contributed by atoms with Gasteiger partial charge in [0, 0.05) is 23.5 Å². The van der Waals surface area contributed by atoms with Gasteiger partial charge in [-0.2, -0.15) is 0 Å². The van der Waals surface area contributed by atoms with Gasteiger partial charge in [0.1, 0.15) is 18.4 Å². The monoisotopic (exact) mass is 250 g/mol. The third kappa shape index (κ3) is 2.26. The van der Waals surface area contributed by atoms with E-state index >= 15 is 0 Å². The highest BCUT2D eigenvalue weighted by atomic mass is 16.3. The number of nitrogens with zero attached hydrogens (tertiary/aromatic N) is 4. The van der Waals surface area contributed by atoms with E-state index in [-0.39, 0.29) is 5.75 Å². The summed E-state index contributed by atoms with van der Waals surface area (Å²) >= 11 is 0. The van der Waals surface area contributed by atoms with Crippen LogP contribution in [-0.4, -0.2) is 25.0 Å². The number of phenols is 1. The molecule has 0 unspecified atom stereocenters. The third-order valence-corrected chi connectivity index (χ3v) is 2.72. The molecule has 0 saturated heterocycles. The Morgan fingerprint density at radius 3 is 1.95 bits per heavy atom. The second-order valence-corrected chi connectivity index (χ2v) is 3.92. The number of rotatable bonds is 2. The fourth-order valence-corrected chi connectivity index (χ4v) is 1.87. The van der Waals surface area contributed by atoms with Crippen LogP contribution in [0, 0.1) is 0 Å². The quantitative estimate of drug-likeness (QED) is 0.755. The molecule has 3 aromatic rings. The van der Waals surface area contributed by atoms with E-state index in [0.29, 0.717) is 0 Å². The first kappa shape index (κ1) is 11.3. The maximum Gasteiger partial charge on any atom is 0.116 e. The molecule has 0 atom stereocenters. The minimum atomic E-state index is 0.186. The Hall–Kier alpha value is -2.82. The zero-order chi connectivity index (χ0) is 13.1. The largest absolute Gasteiger partial charge is 0.508 e. The van der Waals surface area contributed by atoms with Crippen molar-refractivity contribution in [1.29, 1.82) is 0 Å². The summed E-state index contributed by atoms with van der Waals surface area (Å²) in [5, 5.41) is 9.67. The minimum Gasteiger partial charge on any atom is -0.508 e. The van der Waals surface area contributed by atoms with Crippen molar-refractivity contribution < 1.29 is 5.11 Å². The van der Waals surface area contributed by atoms with Gasteiger partial charge in [-0.05, 0) is 30.3 Å².